The van der Waals surface area contributed by atoms with Gasteiger partial charge in [0.15, 0.2) is 0 Å². The van der Waals surface area contributed by atoms with Crippen LogP contribution in [0.5, 0.6) is 0 Å². The lowest BCUT2D eigenvalue weighted by molar-refractivity contribution is 0.722. The van der Waals surface area contributed by atoms with Crippen molar-refractivity contribution < 1.29 is 0 Å². The molecule has 0 saturated carbocycles. The zero-order valence-electron chi connectivity index (χ0n) is 14.6. The molecule has 2 aromatic carbocycles. The summed E-state index contributed by atoms with van der Waals surface area (Å²) in [6.07, 6.45) is 0. The number of hydrogen-bond donors (Lipinski definition) is 2. The van der Waals surface area contributed by atoms with Gasteiger partial charge >= 0.3 is 5.69 Å². The number of hydrogen-bond acceptors (Lipinski definition) is 5. The lowest BCUT2D eigenvalue weighted by Crippen LogP contribution is -2.38. The lowest BCUT2D eigenvalue weighted by atomic mass is 10.2. The van der Waals surface area contributed by atoms with Crippen LogP contribution in [0.25, 0.3) is 0 Å². The number of aromatic amines is 1. The van der Waals surface area contributed by atoms with Crippen molar-refractivity contribution in [2.75, 3.05) is 17.2 Å². The molecule has 27 heavy (non-hydrogen) atoms. The van der Waals surface area contributed by atoms with Crippen molar-refractivity contribution >= 4 is 11.5 Å². The predicted molar refractivity (Wildman–Crippen MR) is 104 cm³/mol. The average Bonchev–Trinajstić information content (AvgIpc) is 2.67. The molecule has 0 aliphatic heterocycles. The Balaban J connectivity index is 2.05. The SMILES string of the molecule is N#CCN(Cc1ccccc1)c1c(N)n(Cc2ccccc2)c(=O)[nH]c1=O. The minimum Gasteiger partial charge on any atom is -0.383 e. The van der Waals surface area contributed by atoms with Gasteiger partial charge < -0.3 is 10.6 Å². The van der Waals surface area contributed by atoms with E-state index in [-0.39, 0.29) is 24.6 Å². The van der Waals surface area contributed by atoms with Crippen molar-refractivity contribution in [1.29, 1.82) is 5.26 Å². The number of nitrogen functional groups attached to an aromatic ring is 1. The van der Waals surface area contributed by atoms with E-state index in [4.69, 9.17) is 5.73 Å². The van der Waals surface area contributed by atoms with Crippen molar-refractivity contribution in [3.8, 4) is 6.07 Å². The highest BCUT2D eigenvalue weighted by Crippen LogP contribution is 2.19. The van der Waals surface area contributed by atoms with Gasteiger partial charge in [-0.3, -0.25) is 14.3 Å². The van der Waals surface area contributed by atoms with Gasteiger partial charge in [-0.2, -0.15) is 5.26 Å². The van der Waals surface area contributed by atoms with E-state index in [9.17, 15) is 14.9 Å². The first-order valence-corrected chi connectivity index (χ1v) is 8.42. The lowest BCUT2D eigenvalue weighted by Gasteiger charge is -2.24. The molecule has 0 radical (unpaired) electrons. The van der Waals surface area contributed by atoms with Crippen LogP contribution in [0.4, 0.5) is 11.5 Å². The highest BCUT2D eigenvalue weighted by molar-refractivity contribution is 5.63. The topological polar surface area (TPSA) is 108 Å². The van der Waals surface area contributed by atoms with Gasteiger partial charge in [0.1, 0.15) is 18.1 Å². The molecule has 3 N–H and O–H groups in total. The second kappa shape index (κ2) is 8.06. The Labute approximate surface area is 155 Å². The molecule has 7 heteroatoms. The van der Waals surface area contributed by atoms with Crippen molar-refractivity contribution in [2.45, 2.75) is 13.1 Å². The molecule has 0 amide bonds. The molecule has 0 saturated heterocycles. The van der Waals surface area contributed by atoms with Gasteiger partial charge in [0.05, 0.1) is 12.6 Å². The van der Waals surface area contributed by atoms with Gasteiger partial charge in [-0.15, -0.1) is 0 Å². The Bertz CT molecular complexity index is 1070. The van der Waals surface area contributed by atoms with E-state index in [0.29, 0.717) is 6.54 Å². The number of nitriles is 1. The Morgan fingerprint density at radius 3 is 2.19 bits per heavy atom. The molecule has 0 fully saturated rings. The van der Waals surface area contributed by atoms with Crippen LogP contribution in [0.1, 0.15) is 11.1 Å². The van der Waals surface area contributed by atoms with Crippen LogP contribution in [0.2, 0.25) is 0 Å². The van der Waals surface area contributed by atoms with Gasteiger partial charge in [-0.1, -0.05) is 60.7 Å². The van der Waals surface area contributed by atoms with E-state index in [1.54, 1.807) is 4.90 Å². The van der Waals surface area contributed by atoms with Crippen LogP contribution < -0.4 is 21.9 Å². The highest BCUT2D eigenvalue weighted by Gasteiger charge is 2.19. The number of nitrogens with zero attached hydrogens (tertiary/aromatic N) is 3. The number of rotatable bonds is 6. The summed E-state index contributed by atoms with van der Waals surface area (Å²) in [5.41, 5.74) is 6.94. The van der Waals surface area contributed by atoms with Crippen molar-refractivity contribution in [3.05, 3.63) is 92.6 Å². The molecule has 0 aliphatic carbocycles. The molecule has 136 valence electrons. The Kier molecular flexibility index (Phi) is 5.38. The average molecular weight is 361 g/mol. The molecule has 1 aromatic heterocycles. The van der Waals surface area contributed by atoms with Gasteiger partial charge in [-0.25, -0.2) is 4.79 Å². The number of aromatic nitrogens is 2. The standard InChI is InChI=1S/C20H19N5O2/c21-11-12-24(13-15-7-3-1-4-8-15)17-18(22)25(20(27)23-19(17)26)14-16-9-5-2-6-10-16/h1-10H,12-14,22H2,(H,23,26,27). The van der Waals surface area contributed by atoms with E-state index in [0.717, 1.165) is 11.1 Å². The zero-order chi connectivity index (χ0) is 19.2. The van der Waals surface area contributed by atoms with Crippen LogP contribution in [0.3, 0.4) is 0 Å². The second-order valence-electron chi connectivity index (χ2n) is 6.06. The monoisotopic (exact) mass is 361 g/mol. The van der Waals surface area contributed by atoms with E-state index >= 15 is 0 Å². The Morgan fingerprint density at radius 1 is 1.00 bits per heavy atom. The second-order valence-corrected chi connectivity index (χ2v) is 6.06. The molecule has 0 spiro atoms. The first-order valence-electron chi connectivity index (χ1n) is 8.42. The number of nitrogens with one attached hydrogen (secondary N) is 1. The first kappa shape index (κ1) is 18.0. The molecular formula is C20H19N5O2. The van der Waals surface area contributed by atoms with Crippen LogP contribution in [0.15, 0.2) is 70.3 Å². The van der Waals surface area contributed by atoms with E-state index in [1.807, 2.05) is 60.7 Å². The number of anilines is 2. The van der Waals surface area contributed by atoms with Crippen LogP contribution in [-0.4, -0.2) is 16.1 Å². The fourth-order valence-corrected chi connectivity index (χ4v) is 2.91. The molecule has 0 aliphatic rings. The summed E-state index contributed by atoms with van der Waals surface area (Å²) in [5, 5.41) is 9.20. The van der Waals surface area contributed by atoms with E-state index in [2.05, 4.69) is 11.1 Å². The Hall–Kier alpha value is -3.79. The third-order valence-corrected chi connectivity index (χ3v) is 4.19. The molecule has 0 atom stereocenters. The summed E-state index contributed by atoms with van der Waals surface area (Å²) in [6.45, 7) is 0.512. The molecular weight excluding hydrogens is 342 g/mol. The fraction of sp³-hybridized carbons (Fsp3) is 0.150. The Morgan fingerprint density at radius 2 is 1.59 bits per heavy atom. The zero-order valence-corrected chi connectivity index (χ0v) is 14.6. The minimum absolute atomic E-state index is 0.0360. The van der Waals surface area contributed by atoms with Gasteiger partial charge in [0.25, 0.3) is 5.56 Å². The number of H-pyrrole nitrogens is 1. The summed E-state index contributed by atoms with van der Waals surface area (Å²) in [5.74, 6) is 0.0405. The molecule has 1 heterocycles. The normalized spacial score (nSPS) is 10.3. The molecule has 3 aromatic rings. The van der Waals surface area contributed by atoms with E-state index < -0.39 is 11.2 Å². The highest BCUT2D eigenvalue weighted by atomic mass is 16.2. The maximum absolute atomic E-state index is 12.5. The van der Waals surface area contributed by atoms with Crippen LogP contribution in [0, 0.1) is 11.3 Å². The van der Waals surface area contributed by atoms with Crippen molar-refractivity contribution in [3.63, 3.8) is 0 Å². The van der Waals surface area contributed by atoms with Crippen molar-refractivity contribution in [1.82, 2.24) is 9.55 Å². The summed E-state index contributed by atoms with van der Waals surface area (Å²) in [4.78, 5) is 28.7. The maximum atomic E-state index is 12.5. The third kappa shape index (κ3) is 4.07. The summed E-state index contributed by atoms with van der Waals surface area (Å²) in [6, 6.07) is 20.8. The fourth-order valence-electron chi connectivity index (χ4n) is 2.91. The quantitative estimate of drug-likeness (QED) is 0.650. The number of benzene rings is 2. The first-order chi connectivity index (χ1) is 13.1. The summed E-state index contributed by atoms with van der Waals surface area (Å²) < 4.78 is 1.31. The predicted octanol–water partition coefficient (Wildman–Crippen LogP) is 1.70. The summed E-state index contributed by atoms with van der Waals surface area (Å²) in [7, 11) is 0. The smallest absolute Gasteiger partial charge is 0.330 e. The van der Waals surface area contributed by atoms with E-state index in [1.165, 1.54) is 4.57 Å². The largest absolute Gasteiger partial charge is 0.383 e. The maximum Gasteiger partial charge on any atom is 0.330 e. The minimum atomic E-state index is -0.604. The molecule has 7 nitrogen and oxygen atoms in total. The summed E-state index contributed by atoms with van der Waals surface area (Å²) >= 11 is 0. The third-order valence-electron chi connectivity index (χ3n) is 4.19. The van der Waals surface area contributed by atoms with Gasteiger partial charge in [-0.05, 0) is 11.1 Å². The van der Waals surface area contributed by atoms with Gasteiger partial charge in [0, 0.05) is 6.54 Å². The molecule has 0 bridgehead atoms. The molecule has 3 rings (SSSR count). The van der Waals surface area contributed by atoms with Crippen LogP contribution in [-0.2, 0) is 13.1 Å². The number of nitrogens with two attached hydrogens (primary N) is 1. The van der Waals surface area contributed by atoms with Crippen LogP contribution >= 0.6 is 0 Å². The molecule has 0 unspecified atom stereocenters. The van der Waals surface area contributed by atoms with Crippen molar-refractivity contribution in [2.24, 2.45) is 0 Å². The van der Waals surface area contributed by atoms with Gasteiger partial charge in [0.2, 0.25) is 0 Å².